The van der Waals surface area contributed by atoms with Crippen LogP contribution in [0.4, 0.5) is 5.69 Å². The van der Waals surface area contributed by atoms with Crippen LogP contribution in [0, 0.1) is 12.8 Å². The summed E-state index contributed by atoms with van der Waals surface area (Å²) >= 11 is 0. The van der Waals surface area contributed by atoms with E-state index >= 15 is 0 Å². The van der Waals surface area contributed by atoms with Crippen molar-refractivity contribution in [3.63, 3.8) is 0 Å². The summed E-state index contributed by atoms with van der Waals surface area (Å²) in [6.45, 7) is 4.34. The highest BCUT2D eigenvalue weighted by molar-refractivity contribution is 5.43. The molecule has 0 aliphatic heterocycles. The molecule has 0 spiro atoms. The van der Waals surface area contributed by atoms with Gasteiger partial charge in [-0.1, -0.05) is 19.8 Å². The molecule has 2 heteroatoms. The van der Waals surface area contributed by atoms with E-state index in [1.807, 2.05) is 13.1 Å². The van der Waals surface area contributed by atoms with Crippen LogP contribution in [0.1, 0.15) is 51.1 Å². The summed E-state index contributed by atoms with van der Waals surface area (Å²) in [5, 5.41) is 3.64. The predicted octanol–water partition coefficient (Wildman–Crippen LogP) is 4.16. The van der Waals surface area contributed by atoms with Crippen LogP contribution in [0.3, 0.4) is 0 Å². The Bertz CT molecular complexity index is 341. The van der Waals surface area contributed by atoms with E-state index in [-0.39, 0.29) is 0 Å². The molecule has 1 aliphatic rings. The van der Waals surface area contributed by atoms with E-state index < -0.39 is 0 Å². The van der Waals surface area contributed by atoms with Crippen LogP contribution in [0.25, 0.3) is 0 Å². The van der Waals surface area contributed by atoms with E-state index in [4.69, 9.17) is 0 Å². The van der Waals surface area contributed by atoms with Crippen LogP contribution in [-0.2, 0) is 0 Å². The van der Waals surface area contributed by atoms with E-state index in [1.54, 1.807) is 0 Å². The molecule has 0 unspecified atom stereocenters. The highest BCUT2D eigenvalue weighted by Gasteiger charge is 2.20. The first-order valence-electron chi connectivity index (χ1n) is 6.97. The standard InChI is InChI=1S/C15H24N2/c1-3-4-13-5-7-14(8-6-13)17-15-9-10-16-12(2)11-15/h9-11,13-14H,3-8H2,1-2H3,(H,16,17). The first-order valence-corrected chi connectivity index (χ1v) is 6.97. The number of rotatable bonds is 4. The van der Waals surface area contributed by atoms with Crippen LogP contribution >= 0.6 is 0 Å². The molecule has 2 nitrogen and oxygen atoms in total. The van der Waals surface area contributed by atoms with Crippen molar-refractivity contribution in [3.8, 4) is 0 Å². The van der Waals surface area contributed by atoms with Crippen molar-refractivity contribution in [1.82, 2.24) is 4.98 Å². The van der Waals surface area contributed by atoms with E-state index in [0.29, 0.717) is 6.04 Å². The Morgan fingerprint density at radius 3 is 2.71 bits per heavy atom. The first kappa shape index (κ1) is 12.4. The van der Waals surface area contributed by atoms with Gasteiger partial charge >= 0.3 is 0 Å². The zero-order chi connectivity index (χ0) is 12.1. The number of hydrogen-bond acceptors (Lipinski definition) is 2. The van der Waals surface area contributed by atoms with Gasteiger partial charge in [-0.3, -0.25) is 4.98 Å². The highest BCUT2D eigenvalue weighted by Crippen LogP contribution is 2.29. The highest BCUT2D eigenvalue weighted by atomic mass is 14.9. The molecular formula is C15H24N2. The van der Waals surface area contributed by atoms with Crippen molar-refractivity contribution in [2.75, 3.05) is 5.32 Å². The Morgan fingerprint density at radius 2 is 2.06 bits per heavy atom. The average Bonchev–Trinajstić information content (AvgIpc) is 2.32. The molecule has 1 saturated carbocycles. The smallest absolute Gasteiger partial charge is 0.0393 e. The van der Waals surface area contributed by atoms with Gasteiger partial charge in [-0.2, -0.15) is 0 Å². The summed E-state index contributed by atoms with van der Waals surface area (Å²) < 4.78 is 0. The summed E-state index contributed by atoms with van der Waals surface area (Å²) in [7, 11) is 0. The Balaban J connectivity index is 1.82. The largest absolute Gasteiger partial charge is 0.382 e. The predicted molar refractivity (Wildman–Crippen MR) is 73.3 cm³/mol. The minimum Gasteiger partial charge on any atom is -0.382 e. The third-order valence-electron chi connectivity index (χ3n) is 3.81. The van der Waals surface area contributed by atoms with Crippen LogP contribution in [0.15, 0.2) is 18.3 Å². The van der Waals surface area contributed by atoms with E-state index in [1.165, 1.54) is 44.2 Å². The van der Waals surface area contributed by atoms with Crippen LogP contribution in [-0.4, -0.2) is 11.0 Å². The second kappa shape index (κ2) is 6.04. The molecule has 0 bridgehead atoms. The molecule has 0 saturated heterocycles. The number of anilines is 1. The Labute approximate surface area is 105 Å². The third-order valence-corrected chi connectivity index (χ3v) is 3.81. The van der Waals surface area contributed by atoms with Crippen molar-refractivity contribution >= 4 is 5.69 Å². The number of aryl methyl sites for hydroxylation is 1. The SMILES string of the molecule is CCCC1CCC(Nc2ccnc(C)c2)CC1. The quantitative estimate of drug-likeness (QED) is 0.843. The molecule has 2 rings (SSSR count). The molecule has 0 atom stereocenters. The summed E-state index contributed by atoms with van der Waals surface area (Å²) in [6, 6.07) is 4.88. The van der Waals surface area contributed by atoms with Gasteiger partial charge in [-0.05, 0) is 50.7 Å². The van der Waals surface area contributed by atoms with Crippen molar-refractivity contribution in [1.29, 1.82) is 0 Å². The number of nitrogens with one attached hydrogen (secondary N) is 1. The molecule has 1 aliphatic carbocycles. The topological polar surface area (TPSA) is 24.9 Å². The fraction of sp³-hybridized carbons (Fsp3) is 0.667. The van der Waals surface area contributed by atoms with Crippen LogP contribution < -0.4 is 5.32 Å². The third kappa shape index (κ3) is 3.72. The molecule has 0 radical (unpaired) electrons. The van der Waals surface area contributed by atoms with E-state index in [9.17, 15) is 0 Å². The van der Waals surface area contributed by atoms with Crippen molar-refractivity contribution in [2.45, 2.75) is 58.4 Å². The van der Waals surface area contributed by atoms with E-state index in [0.717, 1.165) is 11.6 Å². The molecule has 1 aromatic heterocycles. The lowest BCUT2D eigenvalue weighted by atomic mass is 9.83. The van der Waals surface area contributed by atoms with Gasteiger partial charge in [0.25, 0.3) is 0 Å². The van der Waals surface area contributed by atoms with Gasteiger partial charge in [0.2, 0.25) is 0 Å². The molecule has 94 valence electrons. The Kier molecular flexibility index (Phi) is 4.41. The number of hydrogen-bond donors (Lipinski definition) is 1. The Hall–Kier alpha value is -1.05. The zero-order valence-corrected chi connectivity index (χ0v) is 11.1. The van der Waals surface area contributed by atoms with E-state index in [2.05, 4.69) is 29.4 Å². The molecular weight excluding hydrogens is 208 g/mol. The number of pyridine rings is 1. The molecule has 1 aromatic rings. The van der Waals surface area contributed by atoms with Gasteiger partial charge in [0, 0.05) is 23.6 Å². The number of nitrogens with zero attached hydrogens (tertiary/aromatic N) is 1. The first-order chi connectivity index (χ1) is 8.28. The lowest BCUT2D eigenvalue weighted by Crippen LogP contribution is -2.26. The zero-order valence-electron chi connectivity index (χ0n) is 11.1. The fourth-order valence-corrected chi connectivity index (χ4v) is 2.87. The van der Waals surface area contributed by atoms with Gasteiger partial charge in [0.05, 0.1) is 0 Å². The number of aromatic nitrogens is 1. The normalized spacial score (nSPS) is 24.6. The lowest BCUT2D eigenvalue weighted by molar-refractivity contribution is 0.319. The molecule has 17 heavy (non-hydrogen) atoms. The average molecular weight is 232 g/mol. The van der Waals surface area contributed by atoms with Gasteiger partial charge in [0.1, 0.15) is 0 Å². The minimum atomic E-state index is 0.671. The molecule has 1 N–H and O–H groups in total. The maximum Gasteiger partial charge on any atom is 0.0393 e. The second-order valence-corrected chi connectivity index (χ2v) is 5.34. The van der Waals surface area contributed by atoms with Gasteiger partial charge in [-0.15, -0.1) is 0 Å². The second-order valence-electron chi connectivity index (χ2n) is 5.34. The lowest BCUT2D eigenvalue weighted by Gasteiger charge is -2.29. The summed E-state index contributed by atoms with van der Waals surface area (Å²) in [5.74, 6) is 0.984. The maximum atomic E-state index is 4.23. The van der Waals surface area contributed by atoms with Crippen molar-refractivity contribution in [2.24, 2.45) is 5.92 Å². The Morgan fingerprint density at radius 1 is 1.29 bits per heavy atom. The fourth-order valence-electron chi connectivity index (χ4n) is 2.87. The molecule has 1 heterocycles. The van der Waals surface area contributed by atoms with Crippen LogP contribution in [0.2, 0.25) is 0 Å². The molecule has 1 fully saturated rings. The summed E-state index contributed by atoms with van der Waals surface area (Å²) in [5.41, 5.74) is 2.33. The van der Waals surface area contributed by atoms with Crippen LogP contribution in [0.5, 0.6) is 0 Å². The van der Waals surface area contributed by atoms with Gasteiger partial charge in [-0.25, -0.2) is 0 Å². The van der Waals surface area contributed by atoms with Gasteiger partial charge < -0.3 is 5.32 Å². The summed E-state index contributed by atoms with van der Waals surface area (Å²) in [6.07, 6.45) is 10.1. The van der Waals surface area contributed by atoms with Crippen molar-refractivity contribution in [3.05, 3.63) is 24.0 Å². The van der Waals surface area contributed by atoms with Crippen molar-refractivity contribution < 1.29 is 0 Å². The molecule has 0 aromatic carbocycles. The molecule has 0 amide bonds. The summed E-state index contributed by atoms with van der Waals surface area (Å²) in [4.78, 5) is 4.23. The minimum absolute atomic E-state index is 0.671. The van der Waals surface area contributed by atoms with Gasteiger partial charge in [0.15, 0.2) is 0 Å². The monoisotopic (exact) mass is 232 g/mol. The maximum absolute atomic E-state index is 4.23.